The first-order valence-electron chi connectivity index (χ1n) is 9.09. The molecule has 0 radical (unpaired) electrons. The summed E-state index contributed by atoms with van der Waals surface area (Å²) in [6, 6.07) is 6.16. The minimum atomic E-state index is -3.27. The lowest BCUT2D eigenvalue weighted by Crippen LogP contribution is -2.26. The molecule has 1 N–H and O–H groups in total. The van der Waals surface area contributed by atoms with Gasteiger partial charge < -0.3 is 14.8 Å². The Morgan fingerprint density at radius 1 is 1.20 bits per heavy atom. The van der Waals surface area contributed by atoms with Crippen molar-refractivity contribution >= 4 is 37.3 Å². The average Bonchev–Trinajstić information content (AvgIpc) is 3.03. The molecule has 0 aliphatic rings. The van der Waals surface area contributed by atoms with Crippen LogP contribution in [-0.4, -0.2) is 44.8 Å². The Hall–Kier alpha value is -2.56. The van der Waals surface area contributed by atoms with Gasteiger partial charge >= 0.3 is 0 Å². The Kier molecular flexibility index (Phi) is 6.39. The summed E-state index contributed by atoms with van der Waals surface area (Å²) in [6.45, 7) is 3.92. The minimum Gasteiger partial charge on any atom is -0.480 e. The topological polar surface area (TPSA) is 107 Å². The van der Waals surface area contributed by atoms with Crippen LogP contribution in [0.25, 0.3) is 10.2 Å². The van der Waals surface area contributed by atoms with E-state index in [0.717, 1.165) is 17.4 Å². The Balaban J connectivity index is 1.88. The number of thiophene rings is 1. The van der Waals surface area contributed by atoms with Crippen LogP contribution in [0.3, 0.4) is 0 Å². The molecular formula is C20H23N3O5S2. The fraction of sp³-hybridized carbons (Fsp3) is 0.350. The number of nitrogens with one attached hydrogen (secondary N) is 1. The predicted molar refractivity (Wildman–Crippen MR) is 115 cm³/mol. The number of sulfone groups is 1. The second kappa shape index (κ2) is 8.66. The number of carbonyl (C=O) groups is 1. The van der Waals surface area contributed by atoms with Crippen LogP contribution in [0.1, 0.15) is 39.6 Å². The van der Waals surface area contributed by atoms with Gasteiger partial charge in [-0.2, -0.15) is 4.98 Å². The third-order valence-electron chi connectivity index (χ3n) is 4.63. The highest BCUT2D eigenvalue weighted by Crippen LogP contribution is 2.35. The van der Waals surface area contributed by atoms with Gasteiger partial charge in [0.05, 0.1) is 28.3 Å². The molecule has 3 rings (SSSR count). The normalized spacial score (nSPS) is 12.7. The molecule has 8 nitrogen and oxygen atoms in total. The molecule has 2 aromatic heterocycles. The minimum absolute atomic E-state index is 0.239. The summed E-state index contributed by atoms with van der Waals surface area (Å²) in [4.78, 5) is 23.2. The van der Waals surface area contributed by atoms with Crippen molar-refractivity contribution in [2.75, 3.05) is 20.5 Å². The Labute approximate surface area is 179 Å². The number of aryl methyl sites for hydroxylation is 1. The summed E-state index contributed by atoms with van der Waals surface area (Å²) < 4.78 is 33.7. The number of fused-ring (bicyclic) bond motifs is 1. The maximum Gasteiger partial charge on any atom is 0.262 e. The van der Waals surface area contributed by atoms with Gasteiger partial charge in [-0.25, -0.2) is 13.4 Å². The van der Waals surface area contributed by atoms with Crippen molar-refractivity contribution in [1.29, 1.82) is 0 Å². The lowest BCUT2D eigenvalue weighted by molar-refractivity contribution is 0.0943. The van der Waals surface area contributed by atoms with Crippen molar-refractivity contribution in [2.45, 2.75) is 31.4 Å². The largest absolute Gasteiger partial charge is 0.480 e. The molecule has 1 unspecified atom stereocenters. The molecule has 2 heterocycles. The molecule has 0 aliphatic carbocycles. The molecule has 0 saturated heterocycles. The highest BCUT2D eigenvalue weighted by Gasteiger charge is 2.22. The molecule has 1 atom stereocenters. The summed E-state index contributed by atoms with van der Waals surface area (Å²) in [7, 11) is -0.182. The van der Waals surface area contributed by atoms with Gasteiger partial charge in [-0.05, 0) is 37.1 Å². The summed E-state index contributed by atoms with van der Waals surface area (Å²) in [5, 5.41) is 3.66. The number of hydrogen-bond donors (Lipinski definition) is 1. The molecule has 160 valence electrons. The zero-order valence-corrected chi connectivity index (χ0v) is 19.0. The van der Waals surface area contributed by atoms with Gasteiger partial charge in [0.2, 0.25) is 5.88 Å². The Morgan fingerprint density at radius 2 is 1.87 bits per heavy atom. The maximum absolute atomic E-state index is 12.9. The third kappa shape index (κ3) is 4.45. The second-order valence-corrected chi connectivity index (χ2v) is 9.87. The average molecular weight is 450 g/mol. The fourth-order valence-corrected chi connectivity index (χ4v) is 4.78. The van der Waals surface area contributed by atoms with Crippen molar-refractivity contribution in [1.82, 2.24) is 15.3 Å². The summed E-state index contributed by atoms with van der Waals surface area (Å²) >= 11 is 1.27. The van der Waals surface area contributed by atoms with Crippen LogP contribution in [0.2, 0.25) is 0 Å². The number of amides is 1. The number of nitrogens with zero attached hydrogens (tertiary/aromatic N) is 2. The maximum atomic E-state index is 12.9. The highest BCUT2D eigenvalue weighted by atomic mass is 32.2. The van der Waals surface area contributed by atoms with Crippen LogP contribution >= 0.6 is 11.3 Å². The van der Waals surface area contributed by atoms with E-state index in [-0.39, 0.29) is 23.5 Å². The molecule has 0 bridgehead atoms. The van der Waals surface area contributed by atoms with Gasteiger partial charge in [0.1, 0.15) is 11.4 Å². The summed E-state index contributed by atoms with van der Waals surface area (Å²) in [5.41, 5.74) is 1.54. The van der Waals surface area contributed by atoms with Crippen molar-refractivity contribution in [2.24, 2.45) is 0 Å². The number of aromatic nitrogens is 2. The van der Waals surface area contributed by atoms with E-state index in [2.05, 4.69) is 15.3 Å². The zero-order valence-electron chi connectivity index (χ0n) is 17.3. The van der Waals surface area contributed by atoms with Gasteiger partial charge in [0.15, 0.2) is 15.7 Å². The molecule has 0 fully saturated rings. The van der Waals surface area contributed by atoms with Crippen molar-refractivity contribution < 1.29 is 22.7 Å². The van der Waals surface area contributed by atoms with Crippen molar-refractivity contribution in [3.8, 4) is 5.88 Å². The zero-order chi connectivity index (χ0) is 22.1. The number of benzene rings is 1. The van der Waals surface area contributed by atoms with Crippen LogP contribution < -0.4 is 10.1 Å². The number of carbonyl (C=O) groups excluding carboxylic acids is 1. The molecular weight excluding hydrogens is 426 g/mol. The quantitative estimate of drug-likeness (QED) is 0.591. The van der Waals surface area contributed by atoms with E-state index < -0.39 is 9.84 Å². The van der Waals surface area contributed by atoms with Crippen LogP contribution in [0.4, 0.5) is 0 Å². The standard InChI is InChI=1S/C20H23N3O5S2/c1-11-16-19(28-4)22-15(10-27-3)23-20(16)29-17(11)18(24)21-12(2)13-6-8-14(9-7-13)30(5,25)26/h6-9,12H,10H2,1-5H3,(H,21,24). The first kappa shape index (κ1) is 22.1. The van der Waals surface area contributed by atoms with Crippen LogP contribution in [-0.2, 0) is 21.2 Å². The van der Waals surface area contributed by atoms with Crippen LogP contribution in [0, 0.1) is 6.92 Å². The van der Waals surface area contributed by atoms with E-state index in [1.165, 1.54) is 30.6 Å². The molecule has 0 saturated carbocycles. The molecule has 3 aromatic rings. The van der Waals surface area contributed by atoms with Crippen LogP contribution in [0.5, 0.6) is 5.88 Å². The van der Waals surface area contributed by atoms with E-state index in [1.807, 2.05) is 13.8 Å². The molecule has 0 aliphatic heterocycles. The molecule has 10 heteroatoms. The van der Waals surface area contributed by atoms with E-state index >= 15 is 0 Å². The summed E-state index contributed by atoms with van der Waals surface area (Å²) in [6.07, 6.45) is 1.16. The van der Waals surface area contributed by atoms with E-state index in [0.29, 0.717) is 26.8 Å². The molecule has 0 spiro atoms. The summed E-state index contributed by atoms with van der Waals surface area (Å²) in [5.74, 6) is 0.643. The number of methoxy groups -OCH3 is 2. The van der Waals surface area contributed by atoms with Gasteiger partial charge in [-0.15, -0.1) is 11.3 Å². The van der Waals surface area contributed by atoms with Gasteiger partial charge in [-0.1, -0.05) is 12.1 Å². The highest BCUT2D eigenvalue weighted by molar-refractivity contribution is 7.90. The van der Waals surface area contributed by atoms with Gasteiger partial charge in [-0.3, -0.25) is 4.79 Å². The number of hydrogen-bond acceptors (Lipinski definition) is 8. The first-order valence-corrected chi connectivity index (χ1v) is 11.8. The fourth-order valence-electron chi connectivity index (χ4n) is 3.05. The van der Waals surface area contributed by atoms with E-state index in [9.17, 15) is 13.2 Å². The first-order chi connectivity index (χ1) is 14.2. The lowest BCUT2D eigenvalue weighted by Gasteiger charge is -2.14. The smallest absolute Gasteiger partial charge is 0.262 e. The van der Waals surface area contributed by atoms with E-state index in [4.69, 9.17) is 9.47 Å². The predicted octanol–water partition coefficient (Wildman–Crippen LogP) is 3.05. The van der Waals surface area contributed by atoms with Crippen LogP contribution in [0.15, 0.2) is 29.2 Å². The van der Waals surface area contributed by atoms with E-state index in [1.54, 1.807) is 19.2 Å². The third-order valence-corrected chi connectivity index (χ3v) is 6.95. The van der Waals surface area contributed by atoms with Gasteiger partial charge in [0.25, 0.3) is 5.91 Å². The van der Waals surface area contributed by atoms with Crippen molar-refractivity contribution in [3.63, 3.8) is 0 Å². The van der Waals surface area contributed by atoms with Gasteiger partial charge in [0, 0.05) is 13.4 Å². The SMILES string of the molecule is COCc1nc(OC)c2c(C)c(C(=O)NC(C)c3ccc(S(C)(=O)=O)cc3)sc2n1. The molecule has 1 aromatic carbocycles. The Bertz CT molecular complexity index is 1190. The molecule has 30 heavy (non-hydrogen) atoms. The monoisotopic (exact) mass is 449 g/mol. The second-order valence-electron chi connectivity index (χ2n) is 6.85. The number of ether oxygens (including phenoxy) is 2. The Morgan fingerprint density at radius 3 is 2.43 bits per heavy atom. The molecule has 1 amide bonds. The lowest BCUT2D eigenvalue weighted by atomic mass is 10.1. The number of rotatable bonds is 7. The van der Waals surface area contributed by atoms with Crippen molar-refractivity contribution in [3.05, 3.63) is 46.1 Å².